The van der Waals surface area contributed by atoms with Gasteiger partial charge in [-0.25, -0.2) is 9.97 Å². The average Bonchev–Trinajstić information content (AvgIpc) is 3.15. The first-order valence-corrected chi connectivity index (χ1v) is 9.41. The Morgan fingerprint density at radius 2 is 1.85 bits per heavy atom. The van der Waals surface area contributed by atoms with E-state index in [2.05, 4.69) is 19.9 Å². The number of aryl methyl sites for hydroxylation is 1. The number of benzene rings is 1. The zero-order chi connectivity index (χ0) is 17.9. The molecule has 6 nitrogen and oxygen atoms in total. The van der Waals surface area contributed by atoms with E-state index >= 15 is 0 Å². The van der Waals surface area contributed by atoms with Gasteiger partial charge < -0.3 is 9.80 Å². The molecule has 26 heavy (non-hydrogen) atoms. The molecule has 0 radical (unpaired) electrons. The Bertz CT molecular complexity index is 886. The van der Waals surface area contributed by atoms with Crippen LogP contribution in [0.3, 0.4) is 0 Å². The van der Waals surface area contributed by atoms with Crippen molar-refractivity contribution in [2.75, 3.05) is 31.1 Å². The van der Waals surface area contributed by atoms with Crippen molar-refractivity contribution in [3.63, 3.8) is 0 Å². The molecule has 1 fully saturated rings. The van der Waals surface area contributed by atoms with Crippen LogP contribution in [0.4, 0.5) is 5.82 Å². The highest BCUT2D eigenvalue weighted by Gasteiger charge is 2.23. The monoisotopic (exact) mass is 365 g/mol. The van der Waals surface area contributed by atoms with Gasteiger partial charge in [0, 0.05) is 55.1 Å². The maximum Gasteiger partial charge on any atom is 0.253 e. The summed E-state index contributed by atoms with van der Waals surface area (Å²) in [5, 5.41) is 3.08. The fraction of sp³-hybridized carbons (Fsp3) is 0.263. The highest BCUT2D eigenvalue weighted by atomic mass is 32.1. The largest absolute Gasteiger partial charge is 0.352 e. The van der Waals surface area contributed by atoms with Crippen LogP contribution in [0.1, 0.15) is 15.4 Å². The topological polar surface area (TPSA) is 62.2 Å². The Balaban J connectivity index is 1.40. The Hall–Kier alpha value is -2.80. The van der Waals surface area contributed by atoms with Crippen molar-refractivity contribution in [1.29, 1.82) is 0 Å². The minimum Gasteiger partial charge on any atom is -0.352 e. The third-order valence-electron chi connectivity index (χ3n) is 4.49. The van der Waals surface area contributed by atoms with Crippen LogP contribution in [-0.2, 0) is 0 Å². The molecule has 0 aliphatic carbocycles. The normalized spacial score (nSPS) is 14.5. The molecule has 1 amide bonds. The quantitative estimate of drug-likeness (QED) is 0.714. The van der Waals surface area contributed by atoms with Crippen LogP contribution in [0, 0.1) is 6.92 Å². The molecule has 3 heterocycles. The van der Waals surface area contributed by atoms with Crippen LogP contribution in [0.2, 0.25) is 0 Å². The molecule has 0 N–H and O–H groups in total. The van der Waals surface area contributed by atoms with Crippen molar-refractivity contribution in [2.45, 2.75) is 6.92 Å². The van der Waals surface area contributed by atoms with E-state index in [1.54, 1.807) is 29.9 Å². The van der Waals surface area contributed by atoms with Gasteiger partial charge in [0.15, 0.2) is 0 Å². The molecule has 0 unspecified atom stereocenters. The number of anilines is 1. The lowest BCUT2D eigenvalue weighted by Crippen LogP contribution is -2.49. The summed E-state index contributed by atoms with van der Waals surface area (Å²) >= 11 is 1.63. The summed E-state index contributed by atoms with van der Waals surface area (Å²) in [6.07, 6.45) is 5.12. The number of hydrogen-bond donors (Lipinski definition) is 0. The van der Waals surface area contributed by atoms with Crippen molar-refractivity contribution in [2.24, 2.45) is 0 Å². The lowest BCUT2D eigenvalue weighted by molar-refractivity contribution is 0.0746. The number of carbonyl (C=O) groups is 1. The van der Waals surface area contributed by atoms with Crippen molar-refractivity contribution < 1.29 is 4.79 Å². The number of thiazole rings is 1. The van der Waals surface area contributed by atoms with Gasteiger partial charge in [0.1, 0.15) is 5.82 Å². The molecule has 0 spiro atoms. The maximum absolute atomic E-state index is 12.8. The second-order valence-electron chi connectivity index (χ2n) is 6.17. The summed E-state index contributed by atoms with van der Waals surface area (Å²) in [6, 6.07) is 7.72. The molecule has 1 aliphatic heterocycles. The van der Waals surface area contributed by atoms with Gasteiger partial charge in [-0.2, -0.15) is 0 Å². The van der Waals surface area contributed by atoms with Gasteiger partial charge in [-0.15, -0.1) is 11.3 Å². The van der Waals surface area contributed by atoms with Gasteiger partial charge in [0.2, 0.25) is 0 Å². The van der Waals surface area contributed by atoms with E-state index in [-0.39, 0.29) is 5.91 Å². The van der Waals surface area contributed by atoms with E-state index in [1.807, 2.05) is 41.5 Å². The van der Waals surface area contributed by atoms with Crippen molar-refractivity contribution in [3.05, 3.63) is 58.8 Å². The predicted molar refractivity (Wildman–Crippen MR) is 102 cm³/mol. The molecule has 0 bridgehead atoms. The van der Waals surface area contributed by atoms with E-state index in [9.17, 15) is 4.79 Å². The fourth-order valence-corrected chi connectivity index (χ4v) is 3.68. The second-order valence-corrected chi connectivity index (χ2v) is 7.23. The molecular weight excluding hydrogens is 346 g/mol. The first kappa shape index (κ1) is 16.7. The number of rotatable bonds is 3. The molecule has 4 rings (SSSR count). The van der Waals surface area contributed by atoms with E-state index < -0.39 is 0 Å². The standard InChI is InChI=1S/C19H19N5OS/c1-14-22-17(13-26-14)15-2-4-16(5-3-15)19(25)24-10-8-23(9-11-24)18-12-20-6-7-21-18/h2-7,12-13H,8-11H2,1H3. The Morgan fingerprint density at radius 1 is 1.08 bits per heavy atom. The minimum atomic E-state index is 0.0739. The summed E-state index contributed by atoms with van der Waals surface area (Å²) in [5.41, 5.74) is 2.72. The van der Waals surface area contributed by atoms with Gasteiger partial charge in [0.25, 0.3) is 5.91 Å². The molecule has 1 aliphatic rings. The van der Waals surface area contributed by atoms with Gasteiger partial charge in [0.05, 0.1) is 16.9 Å². The van der Waals surface area contributed by atoms with Crippen LogP contribution in [-0.4, -0.2) is 51.9 Å². The number of piperazine rings is 1. The zero-order valence-electron chi connectivity index (χ0n) is 14.5. The molecule has 0 atom stereocenters. The number of amides is 1. The lowest BCUT2D eigenvalue weighted by Gasteiger charge is -2.35. The number of carbonyl (C=O) groups excluding carboxylic acids is 1. The van der Waals surface area contributed by atoms with Crippen LogP contribution >= 0.6 is 11.3 Å². The molecule has 3 aromatic rings. The first-order valence-electron chi connectivity index (χ1n) is 8.53. The molecule has 1 saturated heterocycles. The lowest BCUT2D eigenvalue weighted by atomic mass is 10.1. The molecule has 132 valence electrons. The third-order valence-corrected chi connectivity index (χ3v) is 5.26. The second kappa shape index (κ2) is 7.21. The van der Waals surface area contributed by atoms with Crippen LogP contribution in [0.5, 0.6) is 0 Å². The van der Waals surface area contributed by atoms with Gasteiger partial charge in [-0.1, -0.05) is 12.1 Å². The summed E-state index contributed by atoms with van der Waals surface area (Å²) in [4.78, 5) is 29.7. The Morgan fingerprint density at radius 3 is 2.46 bits per heavy atom. The third kappa shape index (κ3) is 3.43. The number of aromatic nitrogens is 3. The molecular formula is C19H19N5OS. The van der Waals surface area contributed by atoms with Crippen molar-refractivity contribution >= 4 is 23.1 Å². The van der Waals surface area contributed by atoms with Gasteiger partial charge in [-0.3, -0.25) is 9.78 Å². The van der Waals surface area contributed by atoms with E-state index in [4.69, 9.17) is 0 Å². The van der Waals surface area contributed by atoms with Crippen LogP contribution in [0.15, 0.2) is 48.2 Å². The SMILES string of the molecule is Cc1nc(-c2ccc(C(=O)N3CCN(c4cnccn4)CC3)cc2)cs1. The van der Waals surface area contributed by atoms with Crippen LogP contribution < -0.4 is 4.90 Å². The highest BCUT2D eigenvalue weighted by molar-refractivity contribution is 7.09. The predicted octanol–water partition coefficient (Wildman–Crippen LogP) is 2.87. The molecule has 0 saturated carbocycles. The Labute approximate surface area is 156 Å². The molecule has 1 aromatic carbocycles. The smallest absolute Gasteiger partial charge is 0.253 e. The fourth-order valence-electron chi connectivity index (χ4n) is 3.06. The maximum atomic E-state index is 12.8. The summed E-state index contributed by atoms with van der Waals surface area (Å²) < 4.78 is 0. The summed E-state index contributed by atoms with van der Waals surface area (Å²) in [6.45, 7) is 4.89. The summed E-state index contributed by atoms with van der Waals surface area (Å²) in [7, 11) is 0. The number of hydrogen-bond acceptors (Lipinski definition) is 6. The summed E-state index contributed by atoms with van der Waals surface area (Å²) in [5.74, 6) is 0.937. The highest BCUT2D eigenvalue weighted by Crippen LogP contribution is 2.22. The van der Waals surface area contributed by atoms with Crippen molar-refractivity contribution in [1.82, 2.24) is 19.9 Å². The molecule has 7 heteroatoms. The van der Waals surface area contributed by atoms with Crippen molar-refractivity contribution in [3.8, 4) is 11.3 Å². The van der Waals surface area contributed by atoms with Gasteiger partial charge >= 0.3 is 0 Å². The van der Waals surface area contributed by atoms with E-state index in [0.29, 0.717) is 18.7 Å². The zero-order valence-corrected chi connectivity index (χ0v) is 15.3. The van der Waals surface area contributed by atoms with Gasteiger partial charge in [-0.05, 0) is 19.1 Å². The van der Waals surface area contributed by atoms with E-state index in [1.165, 1.54) is 0 Å². The minimum absolute atomic E-state index is 0.0739. The van der Waals surface area contributed by atoms with Crippen LogP contribution in [0.25, 0.3) is 11.3 Å². The first-order chi connectivity index (χ1) is 12.7. The Kier molecular flexibility index (Phi) is 4.62. The van der Waals surface area contributed by atoms with E-state index in [0.717, 1.165) is 35.2 Å². The average molecular weight is 365 g/mol. The number of nitrogens with zero attached hydrogens (tertiary/aromatic N) is 5. The molecule has 2 aromatic heterocycles.